The van der Waals surface area contributed by atoms with Gasteiger partial charge in [-0.25, -0.2) is 0 Å². The highest BCUT2D eigenvalue weighted by atomic mass is 16.6. The number of benzene rings is 2. The first-order valence-corrected chi connectivity index (χ1v) is 7.46. The molecule has 24 heavy (non-hydrogen) atoms. The number of esters is 1. The van der Waals surface area contributed by atoms with Crippen LogP contribution in [0.25, 0.3) is 0 Å². The third kappa shape index (κ3) is 5.39. The molecular formula is C18H20N2O4. The molecule has 1 atom stereocenters. The largest absolute Gasteiger partial charge is 0.497 e. The summed E-state index contributed by atoms with van der Waals surface area (Å²) < 4.78 is 15.4. The van der Waals surface area contributed by atoms with Gasteiger partial charge in [0.1, 0.15) is 11.5 Å². The van der Waals surface area contributed by atoms with Crippen molar-refractivity contribution in [2.45, 2.75) is 19.6 Å². The van der Waals surface area contributed by atoms with E-state index in [1.165, 1.54) is 6.92 Å². The lowest BCUT2D eigenvalue weighted by Crippen LogP contribution is -2.16. The minimum Gasteiger partial charge on any atom is -0.497 e. The Labute approximate surface area is 141 Å². The number of ether oxygens (including phenoxy) is 3. The molecule has 0 spiro atoms. The van der Waals surface area contributed by atoms with E-state index in [9.17, 15) is 4.79 Å². The second-order valence-electron chi connectivity index (χ2n) is 5.03. The quantitative estimate of drug-likeness (QED) is 0.570. The normalized spacial score (nSPS) is 12.0. The van der Waals surface area contributed by atoms with Gasteiger partial charge in [-0.1, -0.05) is 12.1 Å². The first-order chi connectivity index (χ1) is 11.6. The summed E-state index contributed by atoms with van der Waals surface area (Å²) in [5, 5.41) is 8.27. The maximum Gasteiger partial charge on any atom is 0.304 e. The molecule has 6 nitrogen and oxygen atoms in total. The topological polar surface area (TPSA) is 69.5 Å². The molecule has 0 bridgehead atoms. The highest BCUT2D eigenvalue weighted by Gasteiger charge is 2.12. The van der Waals surface area contributed by atoms with Gasteiger partial charge in [-0.15, -0.1) is 5.11 Å². The summed E-state index contributed by atoms with van der Waals surface area (Å²) in [6.07, 6.45) is -0.249. The monoisotopic (exact) mass is 328 g/mol. The fourth-order valence-corrected chi connectivity index (χ4v) is 2.04. The van der Waals surface area contributed by atoms with Crippen LogP contribution in [-0.4, -0.2) is 26.4 Å². The van der Waals surface area contributed by atoms with Crippen LogP contribution in [-0.2, 0) is 16.0 Å². The predicted molar refractivity (Wildman–Crippen MR) is 89.8 cm³/mol. The van der Waals surface area contributed by atoms with Crippen molar-refractivity contribution in [3.05, 3.63) is 54.1 Å². The Morgan fingerprint density at radius 3 is 2.00 bits per heavy atom. The summed E-state index contributed by atoms with van der Waals surface area (Å²) in [5.74, 6) is 1.11. The van der Waals surface area contributed by atoms with Crippen molar-refractivity contribution in [3.8, 4) is 11.5 Å². The number of carbonyl (C=O) groups is 1. The van der Waals surface area contributed by atoms with Gasteiger partial charge >= 0.3 is 5.97 Å². The molecule has 0 amide bonds. The Kier molecular flexibility index (Phi) is 6.31. The fraction of sp³-hybridized carbons (Fsp3) is 0.278. The Balaban J connectivity index is 2.08. The summed E-state index contributed by atoms with van der Waals surface area (Å²) in [6, 6.07) is 14.6. The lowest BCUT2D eigenvalue weighted by molar-refractivity contribution is -0.146. The van der Waals surface area contributed by atoms with Gasteiger partial charge in [-0.05, 0) is 42.0 Å². The second kappa shape index (κ2) is 8.67. The van der Waals surface area contributed by atoms with Crippen LogP contribution < -0.4 is 9.47 Å². The van der Waals surface area contributed by atoms with Crippen LogP contribution in [0.3, 0.4) is 0 Å². The average Bonchev–Trinajstić information content (AvgIpc) is 2.60. The number of hydrogen-bond acceptors (Lipinski definition) is 6. The Bertz CT molecular complexity index is 681. The van der Waals surface area contributed by atoms with E-state index in [2.05, 4.69) is 10.2 Å². The van der Waals surface area contributed by atoms with E-state index in [0.717, 1.165) is 17.1 Å². The van der Waals surface area contributed by atoms with E-state index < -0.39 is 12.2 Å². The standard InChI is InChI=1S/C18H20N2O4/c1-13(21)24-18(12-14-4-8-16(22-2)9-5-14)20-19-15-6-10-17(23-3)11-7-15/h4-11,18H,12H2,1-3H3. The lowest BCUT2D eigenvalue weighted by Gasteiger charge is -2.12. The molecule has 0 heterocycles. The molecule has 0 aliphatic carbocycles. The van der Waals surface area contributed by atoms with Gasteiger partial charge < -0.3 is 14.2 Å². The van der Waals surface area contributed by atoms with Gasteiger partial charge in [0.2, 0.25) is 6.23 Å². The molecule has 0 aromatic heterocycles. The van der Waals surface area contributed by atoms with E-state index >= 15 is 0 Å². The van der Waals surface area contributed by atoms with Gasteiger partial charge in [-0.3, -0.25) is 4.79 Å². The van der Waals surface area contributed by atoms with Crippen molar-refractivity contribution in [2.24, 2.45) is 10.2 Å². The van der Waals surface area contributed by atoms with E-state index in [0.29, 0.717) is 12.1 Å². The molecule has 1 unspecified atom stereocenters. The predicted octanol–water partition coefficient (Wildman–Crippen LogP) is 3.92. The maximum absolute atomic E-state index is 11.3. The third-order valence-corrected chi connectivity index (χ3v) is 3.25. The van der Waals surface area contributed by atoms with Crippen molar-refractivity contribution >= 4 is 11.7 Å². The van der Waals surface area contributed by atoms with Crippen LogP contribution in [0, 0.1) is 0 Å². The van der Waals surface area contributed by atoms with E-state index in [1.807, 2.05) is 24.3 Å². The number of carbonyl (C=O) groups excluding carboxylic acids is 1. The van der Waals surface area contributed by atoms with Crippen molar-refractivity contribution in [3.63, 3.8) is 0 Å². The Hall–Kier alpha value is -2.89. The molecule has 0 N–H and O–H groups in total. The fourth-order valence-electron chi connectivity index (χ4n) is 2.04. The van der Waals surface area contributed by atoms with Crippen molar-refractivity contribution in [2.75, 3.05) is 14.2 Å². The van der Waals surface area contributed by atoms with Gasteiger partial charge in [0.05, 0.1) is 19.9 Å². The molecule has 2 aromatic carbocycles. The summed E-state index contributed by atoms with van der Waals surface area (Å²) in [4.78, 5) is 11.3. The molecule has 0 aliphatic heterocycles. The van der Waals surface area contributed by atoms with Gasteiger partial charge in [0, 0.05) is 13.3 Å². The van der Waals surface area contributed by atoms with Crippen LogP contribution in [0.2, 0.25) is 0 Å². The molecule has 0 radical (unpaired) electrons. The van der Waals surface area contributed by atoms with Crippen molar-refractivity contribution in [1.29, 1.82) is 0 Å². The zero-order valence-corrected chi connectivity index (χ0v) is 13.9. The zero-order chi connectivity index (χ0) is 17.4. The Morgan fingerprint density at radius 1 is 0.958 bits per heavy atom. The summed E-state index contributed by atoms with van der Waals surface area (Å²) in [7, 11) is 3.21. The van der Waals surface area contributed by atoms with Crippen LogP contribution >= 0.6 is 0 Å². The maximum atomic E-state index is 11.3. The molecule has 0 fully saturated rings. The van der Waals surface area contributed by atoms with Crippen LogP contribution in [0.5, 0.6) is 11.5 Å². The molecule has 2 aromatic rings. The first-order valence-electron chi connectivity index (χ1n) is 7.46. The summed E-state index contributed by atoms with van der Waals surface area (Å²) >= 11 is 0. The van der Waals surface area contributed by atoms with Crippen LogP contribution in [0.4, 0.5) is 5.69 Å². The van der Waals surface area contributed by atoms with Crippen LogP contribution in [0.1, 0.15) is 12.5 Å². The minimum absolute atomic E-state index is 0.401. The highest BCUT2D eigenvalue weighted by molar-refractivity contribution is 5.66. The zero-order valence-electron chi connectivity index (χ0n) is 13.9. The SMILES string of the molecule is COc1ccc(CC(N=Nc2ccc(OC)cc2)OC(C)=O)cc1. The number of nitrogens with zero attached hydrogens (tertiary/aromatic N) is 2. The van der Waals surface area contributed by atoms with E-state index in [4.69, 9.17) is 14.2 Å². The van der Waals surface area contributed by atoms with E-state index in [1.54, 1.807) is 38.5 Å². The molecule has 2 rings (SSSR count). The van der Waals surface area contributed by atoms with Crippen molar-refractivity contribution < 1.29 is 19.0 Å². The third-order valence-electron chi connectivity index (χ3n) is 3.25. The molecule has 6 heteroatoms. The number of hydrogen-bond donors (Lipinski definition) is 0. The van der Waals surface area contributed by atoms with Gasteiger partial charge in [-0.2, -0.15) is 5.11 Å². The molecule has 126 valence electrons. The number of azo groups is 1. The van der Waals surface area contributed by atoms with Crippen molar-refractivity contribution in [1.82, 2.24) is 0 Å². The summed E-state index contributed by atoms with van der Waals surface area (Å²) in [5.41, 5.74) is 1.62. The first kappa shape index (κ1) is 17.5. The molecule has 0 saturated heterocycles. The second-order valence-corrected chi connectivity index (χ2v) is 5.03. The van der Waals surface area contributed by atoms with Gasteiger partial charge in [0.15, 0.2) is 0 Å². The van der Waals surface area contributed by atoms with E-state index in [-0.39, 0.29) is 0 Å². The number of methoxy groups -OCH3 is 2. The minimum atomic E-state index is -0.682. The average molecular weight is 328 g/mol. The Morgan fingerprint density at radius 2 is 1.50 bits per heavy atom. The smallest absolute Gasteiger partial charge is 0.304 e. The summed E-state index contributed by atoms with van der Waals surface area (Å²) in [6.45, 7) is 1.35. The molecular weight excluding hydrogens is 308 g/mol. The lowest BCUT2D eigenvalue weighted by atomic mass is 10.1. The van der Waals surface area contributed by atoms with Crippen LogP contribution in [0.15, 0.2) is 58.8 Å². The number of rotatable bonds is 7. The van der Waals surface area contributed by atoms with Gasteiger partial charge in [0.25, 0.3) is 0 Å². The highest BCUT2D eigenvalue weighted by Crippen LogP contribution is 2.20. The molecule has 0 saturated carbocycles. The molecule has 0 aliphatic rings.